The second kappa shape index (κ2) is 8.18. The van der Waals surface area contributed by atoms with Gasteiger partial charge in [0.15, 0.2) is 5.82 Å². The van der Waals surface area contributed by atoms with Crippen molar-refractivity contribution in [1.29, 1.82) is 0 Å². The molecule has 1 aromatic heterocycles. The van der Waals surface area contributed by atoms with Crippen LogP contribution in [0.5, 0.6) is 0 Å². The quantitative estimate of drug-likeness (QED) is 0.654. The predicted octanol–water partition coefficient (Wildman–Crippen LogP) is 4.25. The topological polar surface area (TPSA) is 68.0 Å². The van der Waals surface area contributed by atoms with Crippen LogP contribution in [0.15, 0.2) is 57.9 Å². The van der Waals surface area contributed by atoms with Crippen LogP contribution >= 0.6 is 23.4 Å². The summed E-state index contributed by atoms with van der Waals surface area (Å²) in [6.45, 7) is 2.17. The zero-order valence-corrected chi connectivity index (χ0v) is 15.1. The Kier molecular flexibility index (Phi) is 5.73. The number of carbonyl (C=O) groups excluding carboxylic acids is 1. The molecule has 1 amide bonds. The maximum atomic E-state index is 12.5. The minimum absolute atomic E-state index is 0.132. The highest BCUT2D eigenvalue weighted by Gasteiger charge is 2.12. The van der Waals surface area contributed by atoms with Crippen molar-refractivity contribution in [2.75, 3.05) is 0 Å². The van der Waals surface area contributed by atoms with Gasteiger partial charge in [-0.2, -0.15) is 4.98 Å². The molecule has 3 rings (SSSR count). The molecule has 2 aromatic carbocycles. The number of nitrogens with zero attached hydrogens (tertiary/aromatic N) is 2. The minimum atomic E-state index is -0.132. The number of halogens is 1. The lowest BCUT2D eigenvalue weighted by Gasteiger charge is -2.09. The number of aryl methyl sites for hydroxylation is 1. The van der Waals surface area contributed by atoms with E-state index in [1.165, 1.54) is 11.8 Å². The number of carbonyl (C=O) groups is 1. The van der Waals surface area contributed by atoms with E-state index in [2.05, 4.69) is 15.5 Å². The third-order valence-electron chi connectivity index (χ3n) is 3.40. The van der Waals surface area contributed by atoms with Crippen LogP contribution in [0, 0.1) is 6.92 Å². The number of amides is 1. The fourth-order valence-corrected chi connectivity index (χ4v) is 3.35. The van der Waals surface area contributed by atoms with E-state index in [9.17, 15) is 4.79 Å². The number of hydrogen-bond donors (Lipinski definition) is 1. The number of benzene rings is 2. The molecule has 7 heteroatoms. The summed E-state index contributed by atoms with van der Waals surface area (Å²) in [5.74, 6) is 1.54. The summed E-state index contributed by atoms with van der Waals surface area (Å²) < 4.78 is 4.96. The van der Waals surface area contributed by atoms with Crippen molar-refractivity contribution in [2.45, 2.75) is 24.1 Å². The van der Waals surface area contributed by atoms with Crippen LogP contribution in [-0.4, -0.2) is 16.0 Å². The molecule has 0 fully saturated rings. The highest BCUT2D eigenvalue weighted by molar-refractivity contribution is 7.98. The highest BCUT2D eigenvalue weighted by Crippen LogP contribution is 2.25. The summed E-state index contributed by atoms with van der Waals surface area (Å²) in [7, 11) is 0. The summed E-state index contributed by atoms with van der Waals surface area (Å²) in [6.07, 6.45) is 0. The molecule has 0 bridgehead atoms. The third-order valence-corrected chi connectivity index (χ3v) is 4.70. The molecule has 0 aliphatic rings. The van der Waals surface area contributed by atoms with Crippen molar-refractivity contribution in [1.82, 2.24) is 15.5 Å². The molecule has 0 spiro atoms. The standard InChI is InChI=1S/C18H16ClN3O2S/c1-12-21-17(22-24-12)11-25-16-8-3-2-7-15(16)18(23)20-10-13-5-4-6-14(19)9-13/h2-9H,10-11H2,1H3,(H,20,23). The lowest BCUT2D eigenvalue weighted by molar-refractivity contribution is 0.0948. The molecule has 1 N–H and O–H groups in total. The molecular formula is C18H16ClN3O2S. The van der Waals surface area contributed by atoms with Crippen LogP contribution < -0.4 is 5.32 Å². The van der Waals surface area contributed by atoms with Gasteiger partial charge in [0.1, 0.15) is 0 Å². The molecule has 5 nitrogen and oxygen atoms in total. The molecule has 25 heavy (non-hydrogen) atoms. The average Bonchev–Trinajstić information content (AvgIpc) is 3.03. The van der Waals surface area contributed by atoms with E-state index in [0.29, 0.717) is 34.6 Å². The van der Waals surface area contributed by atoms with Gasteiger partial charge in [0.2, 0.25) is 5.89 Å². The van der Waals surface area contributed by atoms with E-state index >= 15 is 0 Å². The SMILES string of the molecule is Cc1nc(CSc2ccccc2C(=O)NCc2cccc(Cl)c2)no1. The van der Waals surface area contributed by atoms with Crippen LogP contribution in [0.3, 0.4) is 0 Å². The molecule has 0 aliphatic heterocycles. The van der Waals surface area contributed by atoms with Crippen LogP contribution in [0.2, 0.25) is 5.02 Å². The lowest BCUT2D eigenvalue weighted by Crippen LogP contribution is -2.23. The summed E-state index contributed by atoms with van der Waals surface area (Å²) >= 11 is 7.47. The molecule has 0 saturated carbocycles. The van der Waals surface area contributed by atoms with Gasteiger partial charge in [0, 0.05) is 23.4 Å². The molecule has 0 saturated heterocycles. The summed E-state index contributed by atoms with van der Waals surface area (Å²) in [6, 6.07) is 14.9. The van der Waals surface area contributed by atoms with Crippen LogP contribution in [0.25, 0.3) is 0 Å². The molecule has 3 aromatic rings. The zero-order valence-electron chi connectivity index (χ0n) is 13.5. The van der Waals surface area contributed by atoms with Gasteiger partial charge in [-0.25, -0.2) is 0 Å². The first kappa shape index (κ1) is 17.5. The lowest BCUT2D eigenvalue weighted by atomic mass is 10.2. The Morgan fingerprint density at radius 2 is 2.08 bits per heavy atom. The van der Waals surface area contributed by atoms with Gasteiger partial charge in [-0.05, 0) is 29.8 Å². The van der Waals surface area contributed by atoms with Crippen LogP contribution in [0.1, 0.15) is 27.6 Å². The maximum absolute atomic E-state index is 12.5. The Bertz CT molecular complexity index is 882. The summed E-state index contributed by atoms with van der Waals surface area (Å²) in [5, 5.41) is 7.45. The van der Waals surface area contributed by atoms with Crippen molar-refractivity contribution in [3.8, 4) is 0 Å². The zero-order chi connectivity index (χ0) is 17.6. The minimum Gasteiger partial charge on any atom is -0.348 e. The second-order valence-corrected chi connectivity index (χ2v) is 6.78. The Labute approximate surface area is 154 Å². The monoisotopic (exact) mass is 373 g/mol. The van der Waals surface area contributed by atoms with Crippen molar-refractivity contribution < 1.29 is 9.32 Å². The van der Waals surface area contributed by atoms with Crippen LogP contribution in [-0.2, 0) is 12.3 Å². The first-order valence-electron chi connectivity index (χ1n) is 7.65. The Hall–Kier alpha value is -2.31. The molecular weight excluding hydrogens is 358 g/mol. The molecule has 0 unspecified atom stereocenters. The van der Waals surface area contributed by atoms with E-state index in [0.717, 1.165) is 10.5 Å². The molecule has 0 radical (unpaired) electrons. The van der Waals surface area contributed by atoms with Gasteiger partial charge in [0.25, 0.3) is 5.91 Å². The molecule has 0 atom stereocenters. The number of rotatable bonds is 6. The van der Waals surface area contributed by atoms with Crippen molar-refractivity contribution >= 4 is 29.3 Å². The fourth-order valence-electron chi connectivity index (χ4n) is 2.25. The largest absolute Gasteiger partial charge is 0.348 e. The third kappa shape index (κ3) is 4.84. The number of hydrogen-bond acceptors (Lipinski definition) is 5. The number of thioether (sulfide) groups is 1. The Morgan fingerprint density at radius 3 is 2.84 bits per heavy atom. The van der Waals surface area contributed by atoms with Gasteiger partial charge in [-0.15, -0.1) is 11.8 Å². The number of nitrogens with one attached hydrogen (secondary N) is 1. The van der Waals surface area contributed by atoms with Gasteiger partial charge in [-0.1, -0.05) is 41.0 Å². The Balaban J connectivity index is 1.65. The first-order valence-corrected chi connectivity index (χ1v) is 9.02. The fraction of sp³-hybridized carbons (Fsp3) is 0.167. The number of aromatic nitrogens is 2. The molecule has 128 valence electrons. The predicted molar refractivity (Wildman–Crippen MR) is 97.7 cm³/mol. The van der Waals surface area contributed by atoms with Gasteiger partial charge < -0.3 is 9.84 Å². The van der Waals surface area contributed by atoms with Crippen molar-refractivity contribution in [3.63, 3.8) is 0 Å². The van der Waals surface area contributed by atoms with Crippen LogP contribution in [0.4, 0.5) is 0 Å². The van der Waals surface area contributed by atoms with E-state index in [1.807, 2.05) is 36.4 Å². The van der Waals surface area contributed by atoms with E-state index in [1.54, 1.807) is 19.1 Å². The van der Waals surface area contributed by atoms with Gasteiger partial charge in [-0.3, -0.25) is 4.79 Å². The maximum Gasteiger partial charge on any atom is 0.252 e. The second-order valence-electron chi connectivity index (χ2n) is 5.33. The molecule has 0 aliphatic carbocycles. The van der Waals surface area contributed by atoms with Crippen molar-refractivity contribution in [2.24, 2.45) is 0 Å². The molecule has 1 heterocycles. The van der Waals surface area contributed by atoms with E-state index in [-0.39, 0.29) is 5.91 Å². The summed E-state index contributed by atoms with van der Waals surface area (Å²) in [5.41, 5.74) is 1.57. The van der Waals surface area contributed by atoms with E-state index < -0.39 is 0 Å². The van der Waals surface area contributed by atoms with Crippen molar-refractivity contribution in [3.05, 3.63) is 76.4 Å². The smallest absolute Gasteiger partial charge is 0.252 e. The highest BCUT2D eigenvalue weighted by atomic mass is 35.5. The van der Waals surface area contributed by atoms with E-state index in [4.69, 9.17) is 16.1 Å². The van der Waals surface area contributed by atoms with Gasteiger partial charge >= 0.3 is 0 Å². The first-order chi connectivity index (χ1) is 12.1. The van der Waals surface area contributed by atoms with Gasteiger partial charge in [0.05, 0.1) is 11.3 Å². The average molecular weight is 374 g/mol. The Morgan fingerprint density at radius 1 is 1.24 bits per heavy atom. The normalized spacial score (nSPS) is 10.6. The summed E-state index contributed by atoms with van der Waals surface area (Å²) in [4.78, 5) is 17.6.